The third-order valence-electron chi connectivity index (χ3n) is 2.53. The number of hydrazone groups is 1. The molecule has 0 bridgehead atoms. The molecule has 0 saturated heterocycles. The molecule has 20 heavy (non-hydrogen) atoms. The number of carbonyl (C=O) groups excluding carboxylic acids is 1. The predicted molar refractivity (Wildman–Crippen MR) is 74.0 cm³/mol. The Morgan fingerprint density at radius 2 is 2.10 bits per heavy atom. The summed E-state index contributed by atoms with van der Waals surface area (Å²) in [4.78, 5) is 15.5. The molecule has 0 fully saturated rings. The summed E-state index contributed by atoms with van der Waals surface area (Å²) in [6.45, 7) is 0. The monoisotopic (exact) mass is 271 g/mol. The van der Waals surface area contributed by atoms with Crippen molar-refractivity contribution in [2.45, 2.75) is 0 Å². The number of rotatable bonds is 4. The molecule has 1 heterocycles. The van der Waals surface area contributed by atoms with Crippen LogP contribution in [0.25, 0.3) is 0 Å². The highest BCUT2D eigenvalue weighted by molar-refractivity contribution is 5.94. The highest BCUT2D eigenvalue weighted by Crippen LogP contribution is 2.25. The standard InChI is InChI=1S/C14H13N3O3/c1-20-13-3-2-10(8-12(13)18)9-16-17-14(19)11-4-6-15-7-5-11/h2-9,18H,1H3,(H,17,19)/b16-9-. The van der Waals surface area contributed by atoms with Crippen LogP contribution in [0.3, 0.4) is 0 Å². The van der Waals surface area contributed by atoms with E-state index in [1.54, 1.807) is 24.3 Å². The van der Waals surface area contributed by atoms with Crippen molar-refractivity contribution in [1.29, 1.82) is 0 Å². The molecule has 2 rings (SSSR count). The van der Waals surface area contributed by atoms with Crippen molar-refractivity contribution in [2.75, 3.05) is 7.11 Å². The summed E-state index contributed by atoms with van der Waals surface area (Å²) in [5.74, 6) is 0.0567. The first-order valence-corrected chi connectivity index (χ1v) is 5.81. The number of hydrogen-bond acceptors (Lipinski definition) is 5. The molecule has 1 aromatic heterocycles. The van der Waals surface area contributed by atoms with Gasteiger partial charge in [-0.15, -0.1) is 0 Å². The van der Waals surface area contributed by atoms with Crippen LogP contribution in [0.15, 0.2) is 47.8 Å². The average Bonchev–Trinajstić information content (AvgIpc) is 2.48. The van der Waals surface area contributed by atoms with Crippen molar-refractivity contribution >= 4 is 12.1 Å². The van der Waals surface area contributed by atoms with E-state index in [2.05, 4.69) is 15.5 Å². The fraction of sp³-hybridized carbons (Fsp3) is 0.0714. The lowest BCUT2D eigenvalue weighted by Gasteiger charge is -2.03. The molecule has 6 nitrogen and oxygen atoms in total. The van der Waals surface area contributed by atoms with Crippen molar-refractivity contribution in [3.8, 4) is 11.5 Å². The maximum atomic E-state index is 11.7. The number of benzene rings is 1. The van der Waals surface area contributed by atoms with E-state index in [4.69, 9.17) is 4.74 Å². The lowest BCUT2D eigenvalue weighted by Crippen LogP contribution is -2.17. The lowest BCUT2D eigenvalue weighted by atomic mass is 10.2. The van der Waals surface area contributed by atoms with Crippen molar-refractivity contribution in [3.05, 3.63) is 53.9 Å². The van der Waals surface area contributed by atoms with Gasteiger partial charge in [0.1, 0.15) is 0 Å². The van der Waals surface area contributed by atoms with E-state index in [9.17, 15) is 9.90 Å². The van der Waals surface area contributed by atoms with Crippen LogP contribution < -0.4 is 10.2 Å². The van der Waals surface area contributed by atoms with Gasteiger partial charge in [0.25, 0.3) is 5.91 Å². The molecule has 0 aliphatic rings. The summed E-state index contributed by atoms with van der Waals surface area (Å²) in [6, 6.07) is 7.98. The van der Waals surface area contributed by atoms with Gasteiger partial charge in [0, 0.05) is 18.0 Å². The minimum Gasteiger partial charge on any atom is -0.504 e. The number of nitrogens with one attached hydrogen (secondary N) is 1. The summed E-state index contributed by atoms with van der Waals surface area (Å²) < 4.78 is 4.93. The Labute approximate surface area is 115 Å². The first-order chi connectivity index (χ1) is 9.70. The van der Waals surface area contributed by atoms with Gasteiger partial charge in [-0.25, -0.2) is 5.43 Å². The zero-order valence-electron chi connectivity index (χ0n) is 10.8. The Balaban J connectivity index is 2.00. The Morgan fingerprint density at radius 1 is 1.35 bits per heavy atom. The van der Waals surface area contributed by atoms with Crippen molar-refractivity contribution in [1.82, 2.24) is 10.4 Å². The fourth-order valence-corrected chi connectivity index (χ4v) is 1.52. The topological polar surface area (TPSA) is 83.8 Å². The minimum absolute atomic E-state index is 0.0110. The summed E-state index contributed by atoms with van der Waals surface area (Å²) >= 11 is 0. The number of amides is 1. The molecule has 0 radical (unpaired) electrons. The highest BCUT2D eigenvalue weighted by Gasteiger charge is 2.03. The zero-order chi connectivity index (χ0) is 14.4. The molecule has 0 saturated carbocycles. The van der Waals surface area contributed by atoms with Gasteiger partial charge in [-0.1, -0.05) is 0 Å². The second kappa shape index (κ2) is 6.33. The Kier molecular flexibility index (Phi) is 4.28. The van der Waals surface area contributed by atoms with Gasteiger partial charge in [-0.05, 0) is 35.9 Å². The largest absolute Gasteiger partial charge is 0.504 e. The molecule has 0 unspecified atom stereocenters. The molecule has 1 aromatic carbocycles. The molecule has 0 aliphatic heterocycles. The molecule has 0 spiro atoms. The van der Waals surface area contributed by atoms with E-state index in [1.165, 1.54) is 31.8 Å². The number of nitrogens with zero attached hydrogens (tertiary/aromatic N) is 2. The molecule has 2 aromatic rings. The van der Waals surface area contributed by atoms with Crippen molar-refractivity contribution in [2.24, 2.45) is 5.10 Å². The fourth-order valence-electron chi connectivity index (χ4n) is 1.52. The molecule has 102 valence electrons. The third kappa shape index (κ3) is 3.32. The number of carbonyl (C=O) groups is 1. The number of methoxy groups -OCH3 is 1. The Morgan fingerprint density at radius 3 is 2.75 bits per heavy atom. The van der Waals surface area contributed by atoms with Gasteiger partial charge in [0.05, 0.1) is 13.3 Å². The molecular weight excluding hydrogens is 258 g/mol. The third-order valence-corrected chi connectivity index (χ3v) is 2.53. The number of pyridine rings is 1. The van der Waals surface area contributed by atoms with Crippen LogP contribution in [0.2, 0.25) is 0 Å². The minimum atomic E-state index is -0.332. The maximum absolute atomic E-state index is 11.7. The van der Waals surface area contributed by atoms with Gasteiger partial charge in [0.15, 0.2) is 11.5 Å². The molecule has 0 aliphatic carbocycles. The molecule has 6 heteroatoms. The highest BCUT2D eigenvalue weighted by atomic mass is 16.5. The van der Waals surface area contributed by atoms with Crippen LogP contribution >= 0.6 is 0 Å². The van der Waals surface area contributed by atoms with Gasteiger partial charge in [-0.2, -0.15) is 5.10 Å². The second-order valence-electron chi connectivity index (χ2n) is 3.87. The van der Waals surface area contributed by atoms with Crippen LogP contribution in [0.1, 0.15) is 15.9 Å². The van der Waals surface area contributed by atoms with Gasteiger partial charge >= 0.3 is 0 Å². The summed E-state index contributed by atoms with van der Waals surface area (Å²) in [5, 5.41) is 13.4. The van der Waals surface area contributed by atoms with E-state index in [-0.39, 0.29) is 11.7 Å². The maximum Gasteiger partial charge on any atom is 0.271 e. The summed E-state index contributed by atoms with van der Waals surface area (Å²) in [7, 11) is 1.47. The van der Waals surface area contributed by atoms with Crippen molar-refractivity contribution < 1.29 is 14.6 Å². The number of phenols is 1. The summed E-state index contributed by atoms with van der Waals surface area (Å²) in [6.07, 6.45) is 4.48. The SMILES string of the molecule is COc1ccc(/C=N\NC(=O)c2ccncc2)cc1O. The quantitative estimate of drug-likeness (QED) is 0.653. The number of ether oxygens (including phenoxy) is 1. The van der Waals surface area contributed by atoms with Gasteiger partial charge in [0.2, 0.25) is 0 Å². The lowest BCUT2D eigenvalue weighted by molar-refractivity contribution is 0.0955. The van der Waals surface area contributed by atoms with E-state index in [0.717, 1.165) is 0 Å². The number of phenolic OH excluding ortho intramolecular Hbond substituents is 1. The van der Waals surface area contributed by atoms with Crippen LogP contribution in [0.4, 0.5) is 0 Å². The Bertz CT molecular complexity index is 627. The van der Waals surface area contributed by atoms with E-state index >= 15 is 0 Å². The normalized spacial score (nSPS) is 10.4. The number of hydrogen-bond donors (Lipinski definition) is 2. The smallest absolute Gasteiger partial charge is 0.271 e. The summed E-state index contributed by atoms with van der Waals surface area (Å²) in [5.41, 5.74) is 3.49. The van der Waals surface area contributed by atoms with E-state index in [0.29, 0.717) is 16.9 Å². The van der Waals surface area contributed by atoms with Crippen LogP contribution in [-0.4, -0.2) is 29.3 Å². The van der Waals surface area contributed by atoms with E-state index in [1.807, 2.05) is 0 Å². The number of aromatic hydroxyl groups is 1. The first kappa shape index (κ1) is 13.5. The van der Waals surface area contributed by atoms with Crippen LogP contribution in [-0.2, 0) is 0 Å². The first-order valence-electron chi connectivity index (χ1n) is 5.81. The molecule has 0 atom stereocenters. The van der Waals surface area contributed by atoms with E-state index < -0.39 is 0 Å². The molecular formula is C14H13N3O3. The van der Waals surface area contributed by atoms with Crippen LogP contribution in [0, 0.1) is 0 Å². The van der Waals surface area contributed by atoms with Gasteiger partial charge < -0.3 is 9.84 Å². The van der Waals surface area contributed by atoms with Crippen molar-refractivity contribution in [3.63, 3.8) is 0 Å². The second-order valence-corrected chi connectivity index (χ2v) is 3.87. The Hall–Kier alpha value is -2.89. The average molecular weight is 271 g/mol. The van der Waals surface area contributed by atoms with Gasteiger partial charge in [-0.3, -0.25) is 9.78 Å². The predicted octanol–water partition coefficient (Wildman–Crippen LogP) is 1.56. The zero-order valence-corrected chi connectivity index (χ0v) is 10.8. The number of aromatic nitrogens is 1. The molecule has 1 amide bonds. The van der Waals surface area contributed by atoms with Crippen LogP contribution in [0.5, 0.6) is 11.5 Å². The molecule has 2 N–H and O–H groups in total.